The maximum atomic E-state index is 12.3. The van der Waals surface area contributed by atoms with Crippen molar-refractivity contribution in [3.8, 4) is 0 Å². The Morgan fingerprint density at radius 2 is 1.52 bits per heavy atom. The minimum atomic E-state index is -0.537. The third kappa shape index (κ3) is 5.49. The van der Waals surface area contributed by atoms with Gasteiger partial charge in [0.2, 0.25) is 0 Å². The average molecular weight is 337 g/mol. The van der Waals surface area contributed by atoms with Gasteiger partial charge in [-0.05, 0) is 37.5 Å². The number of hydrogen-bond acceptors (Lipinski definition) is 2. The molecule has 2 aromatic rings. The van der Waals surface area contributed by atoms with Crippen LogP contribution in [0.2, 0.25) is 0 Å². The van der Waals surface area contributed by atoms with Gasteiger partial charge >= 0.3 is 6.09 Å². The van der Waals surface area contributed by atoms with Crippen molar-refractivity contribution in [2.45, 2.75) is 39.3 Å². The fourth-order valence-corrected chi connectivity index (χ4v) is 2.71. The topological polar surface area (TPSA) is 38.3 Å². The van der Waals surface area contributed by atoms with Crippen molar-refractivity contribution in [2.75, 3.05) is 0 Å². The number of carbonyl (C=O) groups excluding carboxylic acids is 1. The zero-order valence-electron chi connectivity index (χ0n) is 15.5. The van der Waals surface area contributed by atoms with E-state index in [9.17, 15) is 4.79 Å². The van der Waals surface area contributed by atoms with E-state index in [1.165, 1.54) is 0 Å². The summed E-state index contributed by atoms with van der Waals surface area (Å²) in [7, 11) is 0. The van der Waals surface area contributed by atoms with Crippen molar-refractivity contribution >= 4 is 11.7 Å². The normalized spacial score (nSPS) is 13.6. The van der Waals surface area contributed by atoms with Gasteiger partial charge in [-0.1, -0.05) is 74.2 Å². The molecule has 0 aromatic heterocycles. The Kier molecular flexibility index (Phi) is 6.02. The lowest BCUT2D eigenvalue weighted by Crippen LogP contribution is -2.37. The molecule has 0 aliphatic rings. The average Bonchev–Trinajstić information content (AvgIpc) is 2.58. The molecular weight excluding hydrogens is 310 g/mol. The van der Waals surface area contributed by atoms with Gasteiger partial charge in [0, 0.05) is 5.92 Å². The minimum absolute atomic E-state index is 0.0114. The summed E-state index contributed by atoms with van der Waals surface area (Å²) < 4.78 is 5.45. The molecule has 2 atom stereocenters. The van der Waals surface area contributed by atoms with E-state index in [2.05, 4.69) is 18.8 Å². The molecule has 0 heterocycles. The molecule has 25 heavy (non-hydrogen) atoms. The van der Waals surface area contributed by atoms with Crippen LogP contribution in [-0.4, -0.2) is 11.7 Å². The third-order valence-corrected chi connectivity index (χ3v) is 4.03. The summed E-state index contributed by atoms with van der Waals surface area (Å²) in [4.78, 5) is 12.3. The lowest BCUT2D eigenvalue weighted by Gasteiger charge is -2.29. The Bertz CT molecular complexity index is 702. The lowest BCUT2D eigenvalue weighted by molar-refractivity contribution is 0.0494. The number of rotatable bonds is 5. The highest BCUT2D eigenvalue weighted by molar-refractivity contribution is 5.71. The number of benzene rings is 2. The molecule has 0 unspecified atom stereocenters. The number of hydrogen-bond donors (Lipinski definition) is 1. The number of amides is 1. The first-order valence-electron chi connectivity index (χ1n) is 8.56. The van der Waals surface area contributed by atoms with Crippen molar-refractivity contribution < 1.29 is 9.53 Å². The van der Waals surface area contributed by atoms with E-state index in [0.29, 0.717) is 0 Å². The molecule has 132 valence electrons. The van der Waals surface area contributed by atoms with Crippen LogP contribution >= 0.6 is 0 Å². The highest BCUT2D eigenvalue weighted by Crippen LogP contribution is 2.32. The van der Waals surface area contributed by atoms with E-state index >= 15 is 0 Å². The van der Waals surface area contributed by atoms with Crippen molar-refractivity contribution in [1.29, 1.82) is 0 Å². The van der Waals surface area contributed by atoms with E-state index in [-0.39, 0.29) is 12.0 Å². The molecule has 0 aliphatic heterocycles. The second-order valence-corrected chi connectivity index (χ2v) is 7.21. The molecule has 0 saturated heterocycles. The van der Waals surface area contributed by atoms with Gasteiger partial charge in [0.15, 0.2) is 0 Å². The minimum Gasteiger partial charge on any atom is -0.444 e. The van der Waals surface area contributed by atoms with Crippen LogP contribution in [0.15, 0.2) is 67.2 Å². The summed E-state index contributed by atoms with van der Waals surface area (Å²) in [6.07, 6.45) is -0.422. The van der Waals surface area contributed by atoms with Crippen LogP contribution in [0.5, 0.6) is 0 Å². The number of alkyl carbamates (subject to hydrolysis) is 1. The zero-order valence-corrected chi connectivity index (χ0v) is 15.5. The van der Waals surface area contributed by atoms with Crippen LogP contribution < -0.4 is 5.32 Å². The molecule has 2 rings (SSSR count). The standard InChI is InChI=1S/C22H27NO2/c1-16(18-12-8-6-9-13-18)17(2)20(19-14-10-7-11-15-19)23-21(24)25-22(3,4)5/h6-15,17,20H,1H2,2-5H3,(H,23,24)/t17-,20+/m1/s1. The highest BCUT2D eigenvalue weighted by Gasteiger charge is 2.26. The van der Waals surface area contributed by atoms with Gasteiger partial charge in [-0.25, -0.2) is 4.79 Å². The molecule has 0 saturated carbocycles. The summed E-state index contributed by atoms with van der Waals surface area (Å²) in [6.45, 7) is 11.9. The molecule has 1 amide bonds. The first kappa shape index (κ1) is 18.8. The van der Waals surface area contributed by atoms with Gasteiger partial charge in [-0.3, -0.25) is 0 Å². The maximum Gasteiger partial charge on any atom is 0.408 e. The van der Waals surface area contributed by atoms with Crippen molar-refractivity contribution in [3.63, 3.8) is 0 Å². The number of nitrogens with one attached hydrogen (secondary N) is 1. The van der Waals surface area contributed by atoms with Gasteiger partial charge < -0.3 is 10.1 Å². The molecule has 0 aliphatic carbocycles. The summed E-state index contributed by atoms with van der Waals surface area (Å²) in [5, 5.41) is 3.02. The Balaban J connectivity index is 2.25. The van der Waals surface area contributed by atoms with E-state index in [1.807, 2.05) is 81.4 Å². The Labute approximate surface area is 150 Å². The van der Waals surface area contributed by atoms with Crippen LogP contribution in [-0.2, 0) is 4.74 Å². The van der Waals surface area contributed by atoms with Crippen molar-refractivity contribution in [2.24, 2.45) is 5.92 Å². The Morgan fingerprint density at radius 3 is 2.04 bits per heavy atom. The molecule has 0 fully saturated rings. The zero-order chi connectivity index (χ0) is 18.4. The van der Waals surface area contributed by atoms with Crippen molar-refractivity contribution in [3.05, 3.63) is 78.4 Å². The quantitative estimate of drug-likeness (QED) is 0.771. The molecule has 0 radical (unpaired) electrons. The molecular formula is C22H27NO2. The lowest BCUT2D eigenvalue weighted by atomic mass is 9.85. The van der Waals surface area contributed by atoms with Gasteiger partial charge in [0.1, 0.15) is 5.60 Å². The predicted octanol–water partition coefficient (Wildman–Crippen LogP) is 5.60. The summed E-state index contributed by atoms with van der Waals surface area (Å²) >= 11 is 0. The van der Waals surface area contributed by atoms with E-state index < -0.39 is 11.7 Å². The maximum absolute atomic E-state index is 12.3. The molecule has 3 nitrogen and oxygen atoms in total. The first-order chi connectivity index (χ1) is 11.8. The smallest absolute Gasteiger partial charge is 0.408 e. The SMILES string of the molecule is C=C(c1ccccc1)[C@@H](C)[C@H](NC(=O)OC(C)(C)C)c1ccccc1. The monoisotopic (exact) mass is 337 g/mol. The fourth-order valence-electron chi connectivity index (χ4n) is 2.71. The largest absolute Gasteiger partial charge is 0.444 e. The second-order valence-electron chi connectivity index (χ2n) is 7.21. The van der Waals surface area contributed by atoms with E-state index in [0.717, 1.165) is 16.7 Å². The van der Waals surface area contributed by atoms with Crippen molar-refractivity contribution in [1.82, 2.24) is 5.32 Å². The summed E-state index contributed by atoms with van der Waals surface area (Å²) in [5.74, 6) is 0.0114. The Hall–Kier alpha value is -2.55. The number of carbonyl (C=O) groups is 1. The van der Waals surface area contributed by atoms with Crippen LogP contribution in [0.1, 0.15) is 44.9 Å². The summed E-state index contributed by atoms with van der Waals surface area (Å²) in [5.41, 5.74) is 2.54. The Morgan fingerprint density at radius 1 is 1.00 bits per heavy atom. The molecule has 2 aromatic carbocycles. The molecule has 1 N–H and O–H groups in total. The van der Waals surface area contributed by atoms with Crippen LogP contribution in [0.25, 0.3) is 5.57 Å². The second kappa shape index (κ2) is 8.02. The predicted molar refractivity (Wildman–Crippen MR) is 103 cm³/mol. The van der Waals surface area contributed by atoms with Gasteiger partial charge in [0.25, 0.3) is 0 Å². The van der Waals surface area contributed by atoms with Gasteiger partial charge in [-0.15, -0.1) is 0 Å². The van der Waals surface area contributed by atoms with E-state index in [1.54, 1.807) is 0 Å². The van der Waals surface area contributed by atoms with Crippen LogP contribution in [0.3, 0.4) is 0 Å². The van der Waals surface area contributed by atoms with E-state index in [4.69, 9.17) is 4.74 Å². The molecule has 3 heteroatoms. The molecule has 0 bridgehead atoms. The fraction of sp³-hybridized carbons (Fsp3) is 0.318. The highest BCUT2D eigenvalue weighted by atomic mass is 16.6. The summed E-state index contributed by atoms with van der Waals surface area (Å²) in [6, 6.07) is 19.7. The van der Waals surface area contributed by atoms with Gasteiger partial charge in [0.05, 0.1) is 6.04 Å². The van der Waals surface area contributed by atoms with Crippen LogP contribution in [0.4, 0.5) is 4.79 Å². The molecule has 0 spiro atoms. The van der Waals surface area contributed by atoms with Gasteiger partial charge in [-0.2, -0.15) is 0 Å². The van der Waals surface area contributed by atoms with Crippen LogP contribution in [0, 0.1) is 5.92 Å². The third-order valence-electron chi connectivity index (χ3n) is 4.03. The number of ether oxygens (including phenoxy) is 1. The first-order valence-corrected chi connectivity index (χ1v) is 8.56.